The standard InChI is InChI=1S/C39H48ClN5O8S/c1-23-32-27(28-18-26(40)12-13-29(28)41-23)14-15-38(53-32)20-31-33(46)42-39(35(48)43-54(51,52)37(2)16-17-37)19-25(39)8-6-4-3-5-7-9-30(34(47)45(31)22-38)44(36(49)50)21-24-10-11-24/h6,8,12-13,18,24-25,30-31H,3-5,7,9-11,14-17,19-22H2,1-2H3,(H,42,46)(H,43,48)(H,49,50)/b8-6-/t25-,30+,31+,38-,39-/m1/s1. The van der Waals surface area contributed by atoms with Crippen molar-refractivity contribution in [2.45, 2.75) is 125 Å². The van der Waals surface area contributed by atoms with Gasteiger partial charge in [-0.25, -0.2) is 18.2 Å². The number of pyridine rings is 1. The van der Waals surface area contributed by atoms with Gasteiger partial charge in [-0.1, -0.05) is 36.6 Å². The number of fused-ring (bicyclic) bond motifs is 5. The average molecular weight is 782 g/mol. The minimum atomic E-state index is -3.99. The molecule has 4 amide bonds. The lowest BCUT2D eigenvalue weighted by Crippen LogP contribution is -2.59. The van der Waals surface area contributed by atoms with E-state index in [-0.39, 0.29) is 31.8 Å². The minimum Gasteiger partial charge on any atom is -0.483 e. The van der Waals surface area contributed by atoms with Crippen LogP contribution >= 0.6 is 11.6 Å². The Morgan fingerprint density at radius 3 is 2.63 bits per heavy atom. The number of carbonyl (C=O) groups is 4. The minimum absolute atomic E-state index is 0.0268. The maximum atomic E-state index is 14.9. The van der Waals surface area contributed by atoms with E-state index in [9.17, 15) is 32.7 Å². The summed E-state index contributed by atoms with van der Waals surface area (Å²) in [6.45, 7) is 3.72. The summed E-state index contributed by atoms with van der Waals surface area (Å²) in [5.74, 6) is -1.53. The molecule has 3 saturated carbocycles. The summed E-state index contributed by atoms with van der Waals surface area (Å²) < 4.78 is 34.5. The fraction of sp³-hybridized carbons (Fsp3) is 0.615. The summed E-state index contributed by atoms with van der Waals surface area (Å²) in [7, 11) is -3.99. The lowest BCUT2D eigenvalue weighted by molar-refractivity contribution is -0.143. The van der Waals surface area contributed by atoms with Crippen LogP contribution in [0.3, 0.4) is 0 Å². The van der Waals surface area contributed by atoms with Gasteiger partial charge in [-0.2, -0.15) is 0 Å². The third-order valence-electron chi connectivity index (χ3n) is 12.7. The number of carbonyl (C=O) groups excluding carboxylic acids is 3. The number of allylic oxidation sites excluding steroid dienone is 1. The van der Waals surface area contributed by atoms with Crippen LogP contribution in [-0.4, -0.2) is 93.2 Å². The van der Waals surface area contributed by atoms with Crippen LogP contribution in [0.2, 0.25) is 5.02 Å². The Morgan fingerprint density at radius 2 is 1.91 bits per heavy atom. The molecule has 0 radical (unpaired) electrons. The number of hydrogen-bond acceptors (Lipinski definition) is 8. The highest BCUT2D eigenvalue weighted by molar-refractivity contribution is 7.91. The smallest absolute Gasteiger partial charge is 0.407 e. The summed E-state index contributed by atoms with van der Waals surface area (Å²) in [4.78, 5) is 63.8. The summed E-state index contributed by atoms with van der Waals surface area (Å²) >= 11 is 6.38. The third-order valence-corrected chi connectivity index (χ3v) is 15.1. The van der Waals surface area contributed by atoms with Crippen LogP contribution in [0.4, 0.5) is 4.79 Å². The number of halogens is 1. The fourth-order valence-corrected chi connectivity index (χ4v) is 10.2. The summed E-state index contributed by atoms with van der Waals surface area (Å²) in [5.41, 5.74) is -0.142. The van der Waals surface area contributed by atoms with Crippen molar-refractivity contribution in [2.24, 2.45) is 11.8 Å². The van der Waals surface area contributed by atoms with Crippen molar-refractivity contribution < 1.29 is 37.4 Å². The van der Waals surface area contributed by atoms with Crippen LogP contribution in [0.25, 0.3) is 10.9 Å². The second-order valence-electron chi connectivity index (χ2n) is 16.8. The molecule has 4 heterocycles. The monoisotopic (exact) mass is 781 g/mol. The number of aryl methyl sites for hydroxylation is 2. The normalized spacial score (nSPS) is 31.2. The third kappa shape index (κ3) is 6.71. The first-order valence-corrected chi connectivity index (χ1v) is 21.1. The van der Waals surface area contributed by atoms with Crippen LogP contribution in [0.1, 0.15) is 95.2 Å². The molecule has 54 heavy (non-hydrogen) atoms. The van der Waals surface area contributed by atoms with Crippen molar-refractivity contribution in [3.05, 3.63) is 46.6 Å². The molecular formula is C39H48ClN5O8S. The van der Waals surface area contributed by atoms with Gasteiger partial charge in [-0.05, 0) is 102 Å². The van der Waals surface area contributed by atoms with Gasteiger partial charge in [0.25, 0.3) is 5.91 Å². The van der Waals surface area contributed by atoms with Crippen molar-refractivity contribution in [2.75, 3.05) is 13.1 Å². The van der Waals surface area contributed by atoms with Crippen LogP contribution in [0.5, 0.6) is 5.75 Å². The average Bonchev–Trinajstić information content (AvgIpc) is 4.06. The Kier molecular flexibility index (Phi) is 9.18. The number of aromatic nitrogens is 1. The molecule has 15 heteroatoms. The van der Waals surface area contributed by atoms with E-state index in [1.54, 1.807) is 13.0 Å². The number of nitrogens with zero attached hydrogens (tertiary/aromatic N) is 3. The largest absolute Gasteiger partial charge is 0.483 e. The van der Waals surface area contributed by atoms with E-state index in [4.69, 9.17) is 21.3 Å². The molecule has 0 bridgehead atoms. The molecule has 0 unspecified atom stereocenters. The van der Waals surface area contributed by atoms with Gasteiger partial charge in [-0.15, -0.1) is 0 Å². The van der Waals surface area contributed by atoms with Crippen LogP contribution in [-0.2, 0) is 30.8 Å². The first kappa shape index (κ1) is 37.0. The summed E-state index contributed by atoms with van der Waals surface area (Å²) in [6.07, 6.45) is 9.82. The Balaban J connectivity index is 1.16. The zero-order valence-electron chi connectivity index (χ0n) is 30.7. The fourth-order valence-electron chi connectivity index (χ4n) is 8.72. The highest BCUT2D eigenvalue weighted by Gasteiger charge is 2.64. The van der Waals surface area contributed by atoms with Gasteiger partial charge >= 0.3 is 6.09 Å². The van der Waals surface area contributed by atoms with E-state index in [2.05, 4.69) is 10.0 Å². The summed E-state index contributed by atoms with van der Waals surface area (Å²) in [5, 5.41) is 14.8. The van der Waals surface area contributed by atoms with E-state index in [0.717, 1.165) is 42.1 Å². The number of hydrogen-bond donors (Lipinski definition) is 3. The van der Waals surface area contributed by atoms with Crippen LogP contribution < -0.4 is 14.8 Å². The molecular weight excluding hydrogens is 734 g/mol. The molecule has 1 aromatic heterocycles. The van der Waals surface area contributed by atoms with E-state index in [0.29, 0.717) is 61.4 Å². The Hall–Kier alpha value is -3.91. The van der Waals surface area contributed by atoms with E-state index in [1.165, 1.54) is 9.80 Å². The lowest BCUT2D eigenvalue weighted by atomic mass is 9.87. The number of amides is 4. The van der Waals surface area contributed by atoms with Gasteiger partial charge in [0.2, 0.25) is 21.8 Å². The van der Waals surface area contributed by atoms with Crippen molar-refractivity contribution in [3.8, 4) is 5.75 Å². The molecule has 3 aliphatic heterocycles. The van der Waals surface area contributed by atoms with Crippen molar-refractivity contribution in [1.82, 2.24) is 24.8 Å². The van der Waals surface area contributed by atoms with Gasteiger partial charge in [0.1, 0.15) is 29.0 Å². The van der Waals surface area contributed by atoms with E-state index >= 15 is 0 Å². The number of nitrogens with one attached hydrogen (secondary N) is 2. The first-order chi connectivity index (χ1) is 25.6. The lowest BCUT2D eigenvalue weighted by Gasteiger charge is -2.37. The highest BCUT2D eigenvalue weighted by atomic mass is 35.5. The Bertz CT molecular complexity index is 2070. The van der Waals surface area contributed by atoms with Gasteiger partial charge in [0.05, 0.1) is 22.5 Å². The SMILES string of the molecule is Cc1nc2ccc(Cl)cc2c2c1O[C@]1(CC2)C[C@H]2C(=O)N[C@]3(C(=O)NS(=O)(=O)C4(C)CC4)C[C@H]3/C=C\CCCCC[C@H](N(CC3CC3)C(=O)O)C(=O)N2C1. The topological polar surface area (TPSA) is 175 Å². The maximum absolute atomic E-state index is 14.9. The van der Waals surface area contributed by atoms with Gasteiger partial charge in [0, 0.05) is 34.9 Å². The molecule has 2 aromatic rings. The second kappa shape index (κ2) is 13.4. The molecule has 13 nitrogen and oxygen atoms in total. The van der Waals surface area contributed by atoms with Gasteiger partial charge < -0.3 is 20.1 Å². The van der Waals surface area contributed by atoms with Crippen molar-refractivity contribution >= 4 is 56.3 Å². The van der Waals surface area contributed by atoms with Crippen molar-refractivity contribution in [1.29, 1.82) is 0 Å². The quantitative estimate of drug-likeness (QED) is 0.340. The number of rotatable bonds is 6. The number of sulfonamides is 1. The number of ether oxygens (including phenoxy) is 1. The van der Waals surface area contributed by atoms with Crippen LogP contribution in [0.15, 0.2) is 30.4 Å². The van der Waals surface area contributed by atoms with Gasteiger partial charge in [-0.3, -0.25) is 24.0 Å². The molecule has 4 fully saturated rings. The molecule has 1 saturated heterocycles. The first-order valence-electron chi connectivity index (χ1n) is 19.3. The molecule has 1 aromatic carbocycles. The predicted molar refractivity (Wildman–Crippen MR) is 200 cm³/mol. The highest BCUT2D eigenvalue weighted by Crippen LogP contribution is 2.49. The molecule has 8 rings (SSSR count). The Labute approximate surface area is 320 Å². The molecule has 290 valence electrons. The van der Waals surface area contributed by atoms with E-state index < -0.39 is 67.7 Å². The summed E-state index contributed by atoms with van der Waals surface area (Å²) in [6, 6.07) is 3.39. The molecule has 3 N–H and O–H groups in total. The van der Waals surface area contributed by atoms with Crippen molar-refractivity contribution in [3.63, 3.8) is 0 Å². The van der Waals surface area contributed by atoms with E-state index in [1.807, 2.05) is 31.2 Å². The molecule has 6 aliphatic rings. The molecule has 5 atom stereocenters. The zero-order chi connectivity index (χ0) is 38.2. The second-order valence-corrected chi connectivity index (χ2v) is 19.4. The number of benzene rings is 1. The van der Waals surface area contributed by atoms with Gasteiger partial charge in [0.15, 0.2) is 0 Å². The maximum Gasteiger partial charge on any atom is 0.407 e. The zero-order valence-corrected chi connectivity index (χ0v) is 32.3. The predicted octanol–water partition coefficient (Wildman–Crippen LogP) is 5.01. The number of carboxylic acid groups (broad SMARTS) is 1. The molecule has 1 spiro atoms. The Morgan fingerprint density at radius 1 is 1.13 bits per heavy atom. The van der Waals surface area contributed by atoms with Crippen LogP contribution in [0, 0.1) is 18.8 Å². The molecule has 3 aliphatic carbocycles.